The Morgan fingerprint density at radius 3 is 2.67 bits per heavy atom. The third kappa shape index (κ3) is 1.54. The third-order valence-electron chi connectivity index (χ3n) is 0.847. The zero-order chi connectivity index (χ0) is 6.85. The van der Waals surface area contributed by atoms with Gasteiger partial charge in [0, 0.05) is 11.8 Å². The molecular weight excluding hydrogens is 138 g/mol. The number of nitrogens with zero attached hydrogens (tertiary/aromatic N) is 2. The monoisotopic (exact) mass is 143 g/mol. The van der Waals surface area contributed by atoms with Gasteiger partial charge in [0.15, 0.2) is 0 Å². The molecule has 0 saturated heterocycles. The standard InChI is InChI=1S/C5H6ClN3/c1-3-2-4(7)9-5(6)8-3/h2H,1H3,(H2,7,8,9). The van der Waals surface area contributed by atoms with Crippen LogP contribution in [0, 0.1) is 6.92 Å². The predicted octanol–water partition coefficient (Wildman–Crippen LogP) is 1.02. The quantitative estimate of drug-likeness (QED) is 0.552. The van der Waals surface area contributed by atoms with E-state index >= 15 is 0 Å². The summed E-state index contributed by atoms with van der Waals surface area (Å²) in [5, 5.41) is 0.201. The van der Waals surface area contributed by atoms with Crippen molar-refractivity contribution in [1.29, 1.82) is 0 Å². The molecule has 0 atom stereocenters. The fourth-order valence-electron chi connectivity index (χ4n) is 0.556. The number of hydrogen-bond donors (Lipinski definition) is 1. The Balaban J connectivity index is 3.17. The van der Waals surface area contributed by atoms with Gasteiger partial charge >= 0.3 is 0 Å². The molecular formula is C5H6ClN3. The molecule has 1 aromatic heterocycles. The van der Waals surface area contributed by atoms with E-state index < -0.39 is 0 Å². The summed E-state index contributed by atoms with van der Waals surface area (Å²) in [7, 11) is 0. The smallest absolute Gasteiger partial charge is 0.224 e. The fourth-order valence-corrected chi connectivity index (χ4v) is 0.787. The van der Waals surface area contributed by atoms with Crippen LogP contribution in [0.25, 0.3) is 0 Å². The Morgan fingerprint density at radius 1 is 1.56 bits per heavy atom. The first kappa shape index (κ1) is 6.29. The number of aromatic nitrogens is 2. The van der Waals surface area contributed by atoms with E-state index in [4.69, 9.17) is 17.3 Å². The van der Waals surface area contributed by atoms with Crippen LogP contribution in [0.2, 0.25) is 5.28 Å². The molecule has 1 aromatic rings. The molecule has 0 radical (unpaired) electrons. The number of halogens is 1. The van der Waals surface area contributed by atoms with E-state index in [0.717, 1.165) is 5.69 Å². The number of rotatable bonds is 0. The van der Waals surface area contributed by atoms with Gasteiger partial charge < -0.3 is 5.73 Å². The first-order valence-corrected chi connectivity index (χ1v) is 2.83. The minimum atomic E-state index is 0.201. The second kappa shape index (κ2) is 2.19. The van der Waals surface area contributed by atoms with Crippen molar-refractivity contribution in [1.82, 2.24) is 9.97 Å². The van der Waals surface area contributed by atoms with Crippen molar-refractivity contribution in [3.63, 3.8) is 0 Å². The number of aryl methyl sites for hydroxylation is 1. The topological polar surface area (TPSA) is 51.8 Å². The van der Waals surface area contributed by atoms with Crippen LogP contribution in [0.4, 0.5) is 5.82 Å². The summed E-state index contributed by atoms with van der Waals surface area (Å²) in [4.78, 5) is 7.48. The lowest BCUT2D eigenvalue weighted by atomic mass is 10.4. The Bertz CT molecular complexity index is 173. The first-order valence-electron chi connectivity index (χ1n) is 2.45. The molecule has 0 spiro atoms. The van der Waals surface area contributed by atoms with E-state index in [1.54, 1.807) is 6.07 Å². The maximum absolute atomic E-state index is 5.45. The second-order valence-electron chi connectivity index (χ2n) is 1.70. The summed E-state index contributed by atoms with van der Waals surface area (Å²) in [6, 6.07) is 1.66. The Labute approximate surface area is 57.9 Å². The zero-order valence-corrected chi connectivity index (χ0v) is 5.68. The number of nitrogen functional groups attached to an aromatic ring is 1. The van der Waals surface area contributed by atoms with Crippen molar-refractivity contribution in [2.45, 2.75) is 6.92 Å². The van der Waals surface area contributed by atoms with Gasteiger partial charge in [0.1, 0.15) is 5.82 Å². The minimum Gasteiger partial charge on any atom is -0.384 e. The average molecular weight is 144 g/mol. The highest BCUT2D eigenvalue weighted by Gasteiger charge is 1.92. The summed E-state index contributed by atoms with van der Waals surface area (Å²) < 4.78 is 0. The highest BCUT2D eigenvalue weighted by molar-refractivity contribution is 6.28. The second-order valence-corrected chi connectivity index (χ2v) is 2.04. The van der Waals surface area contributed by atoms with Gasteiger partial charge in [0.25, 0.3) is 0 Å². The van der Waals surface area contributed by atoms with E-state index in [0.29, 0.717) is 5.82 Å². The van der Waals surface area contributed by atoms with Crippen molar-refractivity contribution in [2.75, 3.05) is 5.73 Å². The molecule has 9 heavy (non-hydrogen) atoms. The summed E-state index contributed by atoms with van der Waals surface area (Å²) in [5.41, 5.74) is 6.11. The van der Waals surface area contributed by atoms with Crippen LogP contribution in [0.1, 0.15) is 5.69 Å². The van der Waals surface area contributed by atoms with Crippen molar-refractivity contribution >= 4 is 17.4 Å². The van der Waals surface area contributed by atoms with Gasteiger partial charge in [0.2, 0.25) is 5.28 Å². The van der Waals surface area contributed by atoms with E-state index in [1.807, 2.05) is 6.92 Å². The lowest BCUT2D eigenvalue weighted by molar-refractivity contribution is 1.11. The molecule has 4 heteroatoms. The van der Waals surface area contributed by atoms with Crippen molar-refractivity contribution in [3.05, 3.63) is 17.0 Å². The van der Waals surface area contributed by atoms with Crippen LogP contribution >= 0.6 is 11.6 Å². The van der Waals surface area contributed by atoms with Crippen molar-refractivity contribution in [3.8, 4) is 0 Å². The lowest BCUT2D eigenvalue weighted by Gasteiger charge is -1.93. The van der Waals surface area contributed by atoms with Gasteiger partial charge in [-0.05, 0) is 18.5 Å². The first-order chi connectivity index (χ1) is 4.18. The van der Waals surface area contributed by atoms with Crippen molar-refractivity contribution < 1.29 is 0 Å². The summed E-state index contributed by atoms with van der Waals surface area (Å²) >= 11 is 5.45. The van der Waals surface area contributed by atoms with Crippen LogP contribution in [-0.4, -0.2) is 9.97 Å². The van der Waals surface area contributed by atoms with E-state index in [9.17, 15) is 0 Å². The summed E-state index contributed by atoms with van der Waals surface area (Å²) in [6.45, 7) is 1.81. The molecule has 0 bridgehead atoms. The molecule has 2 N–H and O–H groups in total. The maximum atomic E-state index is 5.45. The highest BCUT2D eigenvalue weighted by Crippen LogP contribution is 2.04. The van der Waals surface area contributed by atoms with Crippen LogP contribution in [-0.2, 0) is 0 Å². The van der Waals surface area contributed by atoms with Gasteiger partial charge in [0.05, 0.1) is 0 Å². The molecule has 3 nitrogen and oxygen atoms in total. The van der Waals surface area contributed by atoms with Crippen molar-refractivity contribution in [2.24, 2.45) is 0 Å². The van der Waals surface area contributed by atoms with Gasteiger partial charge in [-0.15, -0.1) is 0 Å². The van der Waals surface area contributed by atoms with Crippen LogP contribution in [0.5, 0.6) is 0 Å². The van der Waals surface area contributed by atoms with E-state index in [-0.39, 0.29) is 5.28 Å². The molecule has 0 amide bonds. The molecule has 0 aliphatic carbocycles. The summed E-state index contributed by atoms with van der Waals surface area (Å²) in [6.07, 6.45) is 0. The van der Waals surface area contributed by atoms with Gasteiger partial charge in [-0.1, -0.05) is 0 Å². The Morgan fingerprint density at radius 2 is 2.22 bits per heavy atom. The fraction of sp³-hybridized carbons (Fsp3) is 0.200. The van der Waals surface area contributed by atoms with Gasteiger partial charge in [-0.3, -0.25) is 0 Å². The van der Waals surface area contributed by atoms with Gasteiger partial charge in [-0.2, -0.15) is 0 Å². The number of hydrogen-bond acceptors (Lipinski definition) is 3. The third-order valence-corrected chi connectivity index (χ3v) is 1.02. The predicted molar refractivity (Wildman–Crippen MR) is 36.2 cm³/mol. The highest BCUT2D eigenvalue weighted by atomic mass is 35.5. The molecule has 0 fully saturated rings. The molecule has 1 heterocycles. The molecule has 0 aromatic carbocycles. The summed E-state index contributed by atoms with van der Waals surface area (Å²) in [5.74, 6) is 0.410. The maximum Gasteiger partial charge on any atom is 0.224 e. The number of nitrogens with two attached hydrogens (primary N) is 1. The molecule has 0 saturated carbocycles. The normalized spacial score (nSPS) is 9.56. The molecule has 0 aliphatic rings. The molecule has 1 rings (SSSR count). The number of anilines is 1. The molecule has 48 valence electrons. The lowest BCUT2D eigenvalue weighted by Crippen LogP contribution is -1.93. The minimum absolute atomic E-state index is 0.201. The Kier molecular flexibility index (Phi) is 1.53. The Hall–Kier alpha value is -0.830. The van der Waals surface area contributed by atoms with Crippen LogP contribution in [0.15, 0.2) is 6.07 Å². The average Bonchev–Trinajstić information content (AvgIpc) is 1.59. The van der Waals surface area contributed by atoms with E-state index in [1.165, 1.54) is 0 Å². The molecule has 0 unspecified atom stereocenters. The van der Waals surface area contributed by atoms with Crippen LogP contribution < -0.4 is 5.73 Å². The largest absolute Gasteiger partial charge is 0.384 e. The molecule has 0 aliphatic heterocycles. The van der Waals surface area contributed by atoms with E-state index in [2.05, 4.69) is 9.97 Å². The zero-order valence-electron chi connectivity index (χ0n) is 4.93. The van der Waals surface area contributed by atoms with Crippen LogP contribution in [0.3, 0.4) is 0 Å². The SMILES string of the molecule is Cc1cc(N)nc(Cl)n1. The van der Waals surface area contributed by atoms with Gasteiger partial charge in [-0.25, -0.2) is 9.97 Å².